The van der Waals surface area contributed by atoms with Crippen LogP contribution in [0.4, 0.5) is 10.5 Å². The lowest BCUT2D eigenvalue weighted by molar-refractivity contribution is -0.113. The van der Waals surface area contributed by atoms with Crippen LogP contribution < -0.4 is 20.7 Å². The van der Waals surface area contributed by atoms with E-state index in [1.807, 2.05) is 62.4 Å². The van der Waals surface area contributed by atoms with Gasteiger partial charge >= 0.3 is 6.03 Å². The second-order valence-corrected chi connectivity index (χ2v) is 6.34. The Morgan fingerprint density at radius 3 is 2.48 bits per heavy atom. The van der Waals surface area contributed by atoms with E-state index in [-0.39, 0.29) is 11.9 Å². The van der Waals surface area contributed by atoms with Gasteiger partial charge in [0.15, 0.2) is 0 Å². The maximum atomic E-state index is 13.0. The van der Waals surface area contributed by atoms with Gasteiger partial charge in [-0.1, -0.05) is 30.3 Å². The van der Waals surface area contributed by atoms with Crippen LogP contribution in [0.3, 0.4) is 0 Å². The Morgan fingerprint density at radius 1 is 1.11 bits per heavy atom. The quantitative estimate of drug-likeness (QED) is 0.756. The maximum Gasteiger partial charge on any atom is 0.319 e. The number of aryl methyl sites for hydroxylation is 1. The van der Waals surface area contributed by atoms with Crippen LogP contribution in [0.1, 0.15) is 31.0 Å². The zero-order chi connectivity index (χ0) is 19.4. The molecule has 1 aliphatic rings. The van der Waals surface area contributed by atoms with Crippen molar-refractivity contribution in [2.24, 2.45) is 0 Å². The van der Waals surface area contributed by atoms with Gasteiger partial charge in [-0.3, -0.25) is 4.79 Å². The molecular formula is C21H23N3O3. The Bertz CT molecular complexity index is 888. The number of benzene rings is 2. The molecule has 0 fully saturated rings. The first-order valence-corrected chi connectivity index (χ1v) is 8.87. The Morgan fingerprint density at radius 2 is 1.81 bits per heavy atom. The first-order valence-electron chi connectivity index (χ1n) is 8.87. The minimum absolute atomic E-state index is 0.256. The number of urea groups is 1. The summed E-state index contributed by atoms with van der Waals surface area (Å²) in [5.41, 5.74) is 3.52. The van der Waals surface area contributed by atoms with Gasteiger partial charge in [-0.15, -0.1) is 0 Å². The molecule has 6 nitrogen and oxygen atoms in total. The minimum Gasteiger partial charge on any atom is -0.494 e. The van der Waals surface area contributed by atoms with Crippen LogP contribution in [0.5, 0.6) is 5.75 Å². The summed E-state index contributed by atoms with van der Waals surface area (Å²) in [5.74, 6) is 0.487. The fraction of sp³-hybridized carbons (Fsp3) is 0.238. The average molecular weight is 365 g/mol. The highest BCUT2D eigenvalue weighted by molar-refractivity contribution is 6.07. The van der Waals surface area contributed by atoms with Crippen LogP contribution in [0.2, 0.25) is 0 Å². The Labute approximate surface area is 158 Å². The fourth-order valence-corrected chi connectivity index (χ4v) is 3.07. The molecular weight excluding hydrogens is 342 g/mol. The van der Waals surface area contributed by atoms with Crippen molar-refractivity contribution in [3.8, 4) is 5.75 Å². The third kappa shape index (κ3) is 4.11. The van der Waals surface area contributed by atoms with Gasteiger partial charge in [0.25, 0.3) is 5.91 Å². The molecule has 0 saturated heterocycles. The molecule has 3 rings (SSSR count). The number of para-hydroxylation sites is 1. The van der Waals surface area contributed by atoms with Gasteiger partial charge in [-0.2, -0.15) is 0 Å². The standard InChI is InChI=1S/C21H23N3O3/c1-4-27-16-11-9-15(10-12-16)19-18(14(3)22-21(26)24-19)20(25)23-17-8-6-5-7-13(17)2/h5-12,19H,4H2,1-3H3,(H,23,25)(H2,22,24,26)/t19-/m0/s1. The van der Waals surface area contributed by atoms with E-state index in [4.69, 9.17) is 4.74 Å². The van der Waals surface area contributed by atoms with Crippen LogP contribution >= 0.6 is 0 Å². The molecule has 1 aliphatic heterocycles. The van der Waals surface area contributed by atoms with Crippen molar-refractivity contribution >= 4 is 17.6 Å². The van der Waals surface area contributed by atoms with Gasteiger partial charge in [-0.05, 0) is 50.1 Å². The molecule has 3 amide bonds. The largest absolute Gasteiger partial charge is 0.494 e. The van der Waals surface area contributed by atoms with Crippen LogP contribution in [-0.4, -0.2) is 18.5 Å². The topological polar surface area (TPSA) is 79.5 Å². The summed E-state index contributed by atoms with van der Waals surface area (Å²) < 4.78 is 5.47. The zero-order valence-electron chi connectivity index (χ0n) is 15.6. The van der Waals surface area contributed by atoms with Crippen molar-refractivity contribution in [1.82, 2.24) is 10.6 Å². The highest BCUT2D eigenvalue weighted by atomic mass is 16.5. The minimum atomic E-state index is -0.543. The number of hydrogen-bond donors (Lipinski definition) is 3. The number of carbonyl (C=O) groups is 2. The van der Waals surface area contributed by atoms with Gasteiger partial charge in [-0.25, -0.2) is 4.79 Å². The predicted octanol–water partition coefficient (Wildman–Crippen LogP) is 3.66. The molecule has 0 radical (unpaired) electrons. The lowest BCUT2D eigenvalue weighted by Gasteiger charge is -2.29. The average Bonchev–Trinajstić information content (AvgIpc) is 2.64. The van der Waals surface area contributed by atoms with Gasteiger partial charge in [0.2, 0.25) is 0 Å². The smallest absolute Gasteiger partial charge is 0.319 e. The number of anilines is 1. The van der Waals surface area contributed by atoms with Gasteiger partial charge in [0.05, 0.1) is 18.2 Å². The summed E-state index contributed by atoms with van der Waals surface area (Å²) >= 11 is 0. The lowest BCUT2D eigenvalue weighted by Crippen LogP contribution is -2.46. The van der Waals surface area contributed by atoms with E-state index in [0.717, 1.165) is 22.6 Å². The Hall–Kier alpha value is -3.28. The molecule has 0 aromatic heterocycles. The van der Waals surface area contributed by atoms with E-state index in [2.05, 4.69) is 16.0 Å². The molecule has 0 bridgehead atoms. The first-order chi connectivity index (χ1) is 13.0. The second kappa shape index (κ2) is 7.95. The molecule has 1 heterocycles. The van der Waals surface area contributed by atoms with Crippen LogP contribution in [0.25, 0.3) is 0 Å². The monoisotopic (exact) mass is 365 g/mol. The normalized spacial score (nSPS) is 16.4. The van der Waals surface area contributed by atoms with Crippen molar-refractivity contribution in [3.05, 3.63) is 70.9 Å². The highest BCUT2D eigenvalue weighted by Crippen LogP contribution is 2.29. The summed E-state index contributed by atoms with van der Waals surface area (Å²) in [7, 11) is 0. The first kappa shape index (κ1) is 18.5. The number of nitrogens with one attached hydrogen (secondary N) is 3. The van der Waals surface area contributed by atoms with Gasteiger partial charge in [0, 0.05) is 11.4 Å². The van der Waals surface area contributed by atoms with Gasteiger partial charge in [0.1, 0.15) is 5.75 Å². The zero-order valence-corrected chi connectivity index (χ0v) is 15.6. The Balaban J connectivity index is 1.91. The van der Waals surface area contributed by atoms with Crippen LogP contribution in [0, 0.1) is 6.92 Å². The number of carbonyl (C=O) groups excluding carboxylic acids is 2. The van der Waals surface area contributed by atoms with Crippen molar-refractivity contribution in [1.29, 1.82) is 0 Å². The number of amides is 3. The number of hydrogen-bond acceptors (Lipinski definition) is 3. The molecule has 140 valence electrons. The maximum absolute atomic E-state index is 13.0. The third-order valence-electron chi connectivity index (χ3n) is 4.43. The van der Waals surface area contributed by atoms with Crippen molar-refractivity contribution < 1.29 is 14.3 Å². The molecule has 1 atom stereocenters. The summed E-state index contributed by atoms with van der Waals surface area (Å²) in [6, 6.07) is 14.1. The van der Waals surface area contributed by atoms with Crippen LogP contribution in [0.15, 0.2) is 59.8 Å². The molecule has 0 spiro atoms. The number of rotatable bonds is 5. The molecule has 27 heavy (non-hydrogen) atoms. The molecule has 3 N–H and O–H groups in total. The summed E-state index contributed by atoms with van der Waals surface area (Å²) in [6.07, 6.45) is 0. The van der Waals surface area contributed by atoms with E-state index >= 15 is 0 Å². The summed E-state index contributed by atoms with van der Waals surface area (Å²) in [6.45, 7) is 6.16. The number of allylic oxidation sites excluding steroid dienone is 1. The van der Waals surface area contributed by atoms with Crippen LogP contribution in [-0.2, 0) is 4.79 Å². The number of ether oxygens (including phenoxy) is 1. The predicted molar refractivity (Wildman–Crippen MR) is 105 cm³/mol. The van der Waals surface area contributed by atoms with Crippen molar-refractivity contribution in [2.45, 2.75) is 26.8 Å². The van der Waals surface area contributed by atoms with E-state index in [1.165, 1.54) is 0 Å². The second-order valence-electron chi connectivity index (χ2n) is 6.34. The highest BCUT2D eigenvalue weighted by Gasteiger charge is 2.31. The molecule has 6 heteroatoms. The molecule has 0 aliphatic carbocycles. The van der Waals surface area contributed by atoms with E-state index in [0.29, 0.717) is 17.9 Å². The van der Waals surface area contributed by atoms with Crippen molar-refractivity contribution in [3.63, 3.8) is 0 Å². The van der Waals surface area contributed by atoms with E-state index in [1.54, 1.807) is 6.92 Å². The Kier molecular flexibility index (Phi) is 5.45. The van der Waals surface area contributed by atoms with E-state index < -0.39 is 6.04 Å². The SMILES string of the molecule is CCOc1ccc([C@@H]2NC(=O)NC(C)=C2C(=O)Nc2ccccc2C)cc1. The molecule has 2 aromatic carbocycles. The summed E-state index contributed by atoms with van der Waals surface area (Å²) in [4.78, 5) is 25.0. The lowest BCUT2D eigenvalue weighted by atomic mass is 9.94. The molecule has 0 unspecified atom stereocenters. The van der Waals surface area contributed by atoms with Gasteiger partial charge < -0.3 is 20.7 Å². The van der Waals surface area contributed by atoms with E-state index in [9.17, 15) is 9.59 Å². The van der Waals surface area contributed by atoms with Crippen molar-refractivity contribution in [2.75, 3.05) is 11.9 Å². The molecule has 2 aromatic rings. The molecule has 0 saturated carbocycles. The third-order valence-corrected chi connectivity index (χ3v) is 4.43. The summed E-state index contributed by atoms with van der Waals surface area (Å²) in [5, 5.41) is 8.47. The fourth-order valence-electron chi connectivity index (χ4n) is 3.07.